The first-order valence-corrected chi connectivity index (χ1v) is 12.6. The van der Waals surface area contributed by atoms with Gasteiger partial charge in [-0.3, -0.25) is 13.8 Å². The van der Waals surface area contributed by atoms with E-state index >= 15 is 0 Å². The van der Waals surface area contributed by atoms with E-state index in [0.29, 0.717) is 11.4 Å². The molecule has 4 aromatic carbocycles. The maximum absolute atomic E-state index is 12.3. The van der Waals surface area contributed by atoms with Crippen molar-refractivity contribution >= 4 is 45.5 Å². The van der Waals surface area contributed by atoms with Crippen LogP contribution in [-0.2, 0) is 16.1 Å². The number of carbonyl (C=O) groups excluding carboxylic acids is 1. The van der Waals surface area contributed by atoms with Crippen LogP contribution >= 0.6 is 0 Å². The van der Waals surface area contributed by atoms with E-state index in [1.165, 1.54) is 0 Å². The second-order valence-electron chi connectivity index (χ2n) is 8.72. The molecule has 1 amide bonds. The molecule has 0 radical (unpaired) electrons. The maximum atomic E-state index is 12.3. The van der Waals surface area contributed by atoms with Gasteiger partial charge in [0.25, 0.3) is 0 Å². The third kappa shape index (κ3) is 6.14. The summed E-state index contributed by atoms with van der Waals surface area (Å²) in [7, 11) is 0. The number of nitrogens with one attached hydrogen (secondary N) is 1. The normalized spacial score (nSPS) is 12.6. The number of anilines is 2. The second kappa shape index (κ2) is 11.2. The van der Waals surface area contributed by atoms with Crippen LogP contribution in [-0.4, -0.2) is 32.0 Å². The van der Waals surface area contributed by atoms with Gasteiger partial charge in [-0.1, -0.05) is 68.4 Å². The molecule has 0 heterocycles. The molecule has 0 saturated heterocycles. The molecule has 8 nitrogen and oxygen atoms in total. The summed E-state index contributed by atoms with van der Waals surface area (Å²) in [6.45, 7) is 3.30. The fraction of sp³-hybridized carbons (Fsp3) is 0.143. The molecule has 9 heteroatoms. The zero-order valence-electron chi connectivity index (χ0n) is 20.2. The third-order valence-electron chi connectivity index (χ3n) is 5.81. The van der Waals surface area contributed by atoms with Crippen molar-refractivity contribution in [3.05, 3.63) is 91.0 Å². The van der Waals surface area contributed by atoms with Gasteiger partial charge in [0.1, 0.15) is 11.8 Å². The molecule has 0 aliphatic carbocycles. The van der Waals surface area contributed by atoms with Crippen molar-refractivity contribution in [3.8, 4) is 16.9 Å². The Morgan fingerprint density at radius 1 is 0.892 bits per heavy atom. The molecule has 0 bridgehead atoms. The number of rotatable bonds is 8. The summed E-state index contributed by atoms with van der Waals surface area (Å²) < 4.78 is 29.9. The van der Waals surface area contributed by atoms with Crippen LogP contribution in [0.5, 0.6) is 5.75 Å². The lowest BCUT2D eigenvalue weighted by Gasteiger charge is -2.34. The average Bonchev–Trinajstić information content (AvgIpc) is 2.87. The Bertz CT molecular complexity index is 1440. The van der Waals surface area contributed by atoms with Gasteiger partial charge in [-0.15, -0.1) is 0 Å². The van der Waals surface area contributed by atoms with Crippen LogP contribution in [0.15, 0.2) is 91.0 Å². The molecule has 0 aliphatic rings. The lowest BCUT2D eigenvalue weighted by atomic mass is 10.0. The number of amides is 1. The summed E-state index contributed by atoms with van der Waals surface area (Å²) >= 11 is -2.76. The van der Waals surface area contributed by atoms with Crippen LogP contribution in [0.2, 0.25) is 0 Å². The van der Waals surface area contributed by atoms with E-state index in [1.54, 1.807) is 68.4 Å². The van der Waals surface area contributed by atoms with Gasteiger partial charge in [0, 0.05) is 22.6 Å². The van der Waals surface area contributed by atoms with Gasteiger partial charge in [-0.25, -0.2) is 9.59 Å². The minimum absolute atomic E-state index is 0.253. The topological polar surface area (TPSA) is 119 Å². The number of ether oxygens (including phenoxy) is 1. The van der Waals surface area contributed by atoms with E-state index in [2.05, 4.69) is 5.32 Å². The summed E-state index contributed by atoms with van der Waals surface area (Å²) in [5.41, 5.74) is 2.46. The van der Waals surface area contributed by atoms with E-state index in [4.69, 9.17) is 4.74 Å². The van der Waals surface area contributed by atoms with Gasteiger partial charge in [-0.2, -0.15) is 0 Å². The Hall–Kier alpha value is -4.21. The smallest absolute Gasteiger partial charge is 0.417 e. The predicted octanol–water partition coefficient (Wildman–Crippen LogP) is 5.83. The lowest BCUT2D eigenvalue weighted by Crippen LogP contribution is -2.45. The number of benzene rings is 4. The predicted molar refractivity (Wildman–Crippen MR) is 143 cm³/mol. The molecule has 190 valence electrons. The van der Waals surface area contributed by atoms with Crippen LogP contribution in [0.1, 0.15) is 13.8 Å². The largest absolute Gasteiger partial charge is 0.755 e. The van der Waals surface area contributed by atoms with E-state index < -0.39 is 35.3 Å². The van der Waals surface area contributed by atoms with Crippen molar-refractivity contribution in [2.75, 3.05) is 9.62 Å². The van der Waals surface area contributed by atoms with Crippen molar-refractivity contribution in [2.45, 2.75) is 19.9 Å². The van der Waals surface area contributed by atoms with E-state index in [1.807, 2.05) is 36.4 Å². The SMILES string of the molecule is CC(C)C(C(=O)O)N(c1ccc(-c2ccc(OC(=O)Nc3ccc4ccccc4c3)cc2)cc1)S(=O)[O-]. The first kappa shape index (κ1) is 25.9. The monoisotopic (exact) mass is 517 g/mol. The first-order valence-electron chi connectivity index (χ1n) is 11.5. The summed E-state index contributed by atoms with van der Waals surface area (Å²) in [6, 6.07) is 25.6. The highest BCUT2D eigenvalue weighted by Gasteiger charge is 2.30. The highest BCUT2D eigenvalue weighted by atomic mass is 32.2. The Kier molecular flexibility index (Phi) is 7.86. The van der Waals surface area contributed by atoms with Crippen molar-refractivity contribution in [1.82, 2.24) is 0 Å². The number of hydrogen-bond donors (Lipinski definition) is 2. The first-order chi connectivity index (χ1) is 17.7. The van der Waals surface area contributed by atoms with Crippen molar-refractivity contribution in [1.29, 1.82) is 0 Å². The molecular weight excluding hydrogens is 492 g/mol. The molecule has 0 fully saturated rings. The Labute approximate surface area is 216 Å². The molecule has 37 heavy (non-hydrogen) atoms. The molecule has 0 saturated carbocycles. The lowest BCUT2D eigenvalue weighted by molar-refractivity contribution is -0.139. The Balaban J connectivity index is 1.43. The number of hydrogen-bond acceptors (Lipinski definition) is 5. The molecule has 0 aromatic heterocycles. The fourth-order valence-electron chi connectivity index (χ4n) is 4.03. The fourth-order valence-corrected chi connectivity index (χ4v) is 4.84. The standard InChI is InChI=1S/C28H26N2O6S/c1-18(2)26(27(31)32)30(37(34)35)24-13-8-20(9-14-24)21-10-15-25(16-11-21)36-28(33)29-23-12-7-19-5-3-4-6-22(19)17-23/h3-18,26H,1-2H3,(H,29,33)(H,31,32)(H,34,35)/p-1. The molecule has 2 N–H and O–H groups in total. The number of nitrogens with zero attached hydrogens (tertiary/aromatic N) is 1. The summed E-state index contributed by atoms with van der Waals surface area (Å²) in [6.07, 6.45) is -0.615. The van der Waals surface area contributed by atoms with Gasteiger partial charge < -0.3 is 14.4 Å². The number of aliphatic carboxylic acids is 1. The summed E-state index contributed by atoms with van der Waals surface area (Å²) in [4.78, 5) is 24.0. The van der Waals surface area contributed by atoms with Gasteiger partial charge in [0.05, 0.1) is 0 Å². The molecule has 4 aromatic rings. The van der Waals surface area contributed by atoms with Crippen LogP contribution in [0.25, 0.3) is 21.9 Å². The molecule has 4 rings (SSSR count). The number of fused-ring (bicyclic) bond motifs is 1. The molecule has 0 aliphatic heterocycles. The second-order valence-corrected chi connectivity index (χ2v) is 9.55. The summed E-state index contributed by atoms with van der Waals surface area (Å²) in [5, 5.41) is 14.3. The highest BCUT2D eigenvalue weighted by Crippen LogP contribution is 2.28. The van der Waals surface area contributed by atoms with Crippen molar-refractivity contribution < 1.29 is 28.2 Å². The molecule has 0 spiro atoms. The molecule has 2 atom stereocenters. The Morgan fingerprint density at radius 2 is 1.49 bits per heavy atom. The van der Waals surface area contributed by atoms with Crippen LogP contribution in [0, 0.1) is 5.92 Å². The molecular formula is C28H25N2O6S-. The van der Waals surface area contributed by atoms with Crippen LogP contribution in [0.4, 0.5) is 16.2 Å². The van der Waals surface area contributed by atoms with Crippen molar-refractivity contribution in [2.24, 2.45) is 5.92 Å². The average molecular weight is 518 g/mol. The zero-order chi connectivity index (χ0) is 26.5. The van der Waals surface area contributed by atoms with Gasteiger partial charge in [0.15, 0.2) is 0 Å². The minimum atomic E-state index is -2.76. The summed E-state index contributed by atoms with van der Waals surface area (Å²) in [5.74, 6) is -1.29. The van der Waals surface area contributed by atoms with E-state index in [9.17, 15) is 23.5 Å². The van der Waals surface area contributed by atoms with E-state index in [-0.39, 0.29) is 5.69 Å². The molecule has 2 unspecified atom stereocenters. The minimum Gasteiger partial charge on any atom is -0.755 e. The van der Waals surface area contributed by atoms with Crippen molar-refractivity contribution in [3.63, 3.8) is 0 Å². The quantitative estimate of drug-likeness (QED) is 0.284. The zero-order valence-corrected chi connectivity index (χ0v) is 21.0. The third-order valence-corrected chi connectivity index (χ3v) is 6.57. The van der Waals surface area contributed by atoms with E-state index in [0.717, 1.165) is 26.2 Å². The Morgan fingerprint density at radius 3 is 2.05 bits per heavy atom. The van der Waals surface area contributed by atoms with Gasteiger partial charge in [-0.05, 0) is 64.2 Å². The van der Waals surface area contributed by atoms with Crippen LogP contribution in [0.3, 0.4) is 0 Å². The number of carboxylic acid groups (broad SMARTS) is 1. The number of carbonyl (C=O) groups is 2. The van der Waals surface area contributed by atoms with Gasteiger partial charge >= 0.3 is 12.1 Å². The van der Waals surface area contributed by atoms with Gasteiger partial charge in [0.2, 0.25) is 0 Å². The van der Waals surface area contributed by atoms with Crippen LogP contribution < -0.4 is 14.4 Å². The number of carboxylic acids is 1. The highest BCUT2D eigenvalue weighted by molar-refractivity contribution is 7.80. The maximum Gasteiger partial charge on any atom is 0.417 e.